The van der Waals surface area contributed by atoms with Gasteiger partial charge >= 0.3 is 0 Å². The van der Waals surface area contributed by atoms with Crippen molar-refractivity contribution in [3.8, 4) is 5.75 Å². The van der Waals surface area contributed by atoms with Crippen LogP contribution in [0.25, 0.3) is 0 Å². The zero-order chi connectivity index (χ0) is 14.3. The summed E-state index contributed by atoms with van der Waals surface area (Å²) in [5.74, 6) is 0.525. The Kier molecular flexibility index (Phi) is 5.83. The number of amides is 1. The lowest BCUT2D eigenvalue weighted by molar-refractivity contribution is -0.0589. The van der Waals surface area contributed by atoms with Gasteiger partial charge in [0, 0.05) is 5.56 Å². The van der Waals surface area contributed by atoms with E-state index in [0.717, 1.165) is 18.6 Å². The number of carbonyl (C=O) groups excluding carboxylic acids is 1. The maximum Gasteiger partial charge on any atom is 0.274 e. The van der Waals surface area contributed by atoms with Crippen LogP contribution in [-0.4, -0.2) is 18.1 Å². The van der Waals surface area contributed by atoms with Crippen LogP contribution in [0.4, 0.5) is 0 Å². The average Bonchev–Trinajstić information content (AvgIpc) is 2.36. The molecule has 0 saturated heterocycles. The van der Waals surface area contributed by atoms with E-state index in [0.29, 0.717) is 12.2 Å². The van der Waals surface area contributed by atoms with Crippen LogP contribution in [0.5, 0.6) is 5.75 Å². The van der Waals surface area contributed by atoms with E-state index >= 15 is 0 Å². The molecule has 106 valence electrons. The predicted octanol–water partition coefficient (Wildman–Crippen LogP) is 3.33. The Bertz CT molecular complexity index is 393. The van der Waals surface area contributed by atoms with Gasteiger partial charge in [0.1, 0.15) is 5.75 Å². The molecular weight excluding hydrogens is 242 g/mol. The van der Waals surface area contributed by atoms with Crippen molar-refractivity contribution in [2.75, 3.05) is 6.61 Å². The number of unbranched alkanes of at least 4 members (excludes halogenated alkanes) is 1. The highest BCUT2D eigenvalue weighted by Crippen LogP contribution is 2.13. The standard InChI is InChI=1S/C15H23NO3/c1-5-6-11-18-13-9-7-12(8-10-13)14(17)16-19-15(2,3)4/h7-10H,5-6,11H2,1-4H3,(H,16,17). The number of rotatable bonds is 6. The van der Waals surface area contributed by atoms with Gasteiger partial charge in [0.15, 0.2) is 0 Å². The number of hydrogen-bond acceptors (Lipinski definition) is 3. The quantitative estimate of drug-likeness (QED) is 0.634. The maximum atomic E-state index is 11.8. The average molecular weight is 265 g/mol. The second kappa shape index (κ2) is 7.14. The van der Waals surface area contributed by atoms with E-state index in [1.165, 1.54) is 0 Å². The molecule has 1 amide bonds. The summed E-state index contributed by atoms with van der Waals surface area (Å²) in [4.78, 5) is 17.0. The molecule has 0 aliphatic rings. The Hall–Kier alpha value is -1.55. The van der Waals surface area contributed by atoms with E-state index in [4.69, 9.17) is 9.57 Å². The van der Waals surface area contributed by atoms with Crippen LogP contribution in [0, 0.1) is 0 Å². The van der Waals surface area contributed by atoms with Gasteiger partial charge in [-0.05, 0) is 51.5 Å². The number of nitrogens with one attached hydrogen (secondary N) is 1. The smallest absolute Gasteiger partial charge is 0.274 e. The molecule has 0 saturated carbocycles. The number of hydroxylamine groups is 1. The summed E-state index contributed by atoms with van der Waals surface area (Å²) in [6.45, 7) is 8.44. The largest absolute Gasteiger partial charge is 0.494 e. The highest BCUT2D eigenvalue weighted by Gasteiger charge is 2.13. The van der Waals surface area contributed by atoms with Crippen LogP contribution in [0.15, 0.2) is 24.3 Å². The highest BCUT2D eigenvalue weighted by molar-refractivity contribution is 5.93. The second-order valence-electron chi connectivity index (χ2n) is 5.37. The Morgan fingerprint density at radius 3 is 2.37 bits per heavy atom. The third-order valence-electron chi connectivity index (χ3n) is 2.33. The van der Waals surface area contributed by atoms with Crippen molar-refractivity contribution < 1.29 is 14.4 Å². The van der Waals surface area contributed by atoms with E-state index in [-0.39, 0.29) is 5.91 Å². The number of benzene rings is 1. The number of ether oxygens (including phenoxy) is 1. The van der Waals surface area contributed by atoms with E-state index in [2.05, 4.69) is 12.4 Å². The normalized spacial score (nSPS) is 11.2. The molecule has 0 aliphatic heterocycles. The summed E-state index contributed by atoms with van der Waals surface area (Å²) in [7, 11) is 0. The maximum absolute atomic E-state index is 11.8. The minimum atomic E-state index is -0.404. The minimum Gasteiger partial charge on any atom is -0.494 e. The van der Waals surface area contributed by atoms with Gasteiger partial charge in [-0.2, -0.15) is 0 Å². The van der Waals surface area contributed by atoms with Crippen LogP contribution >= 0.6 is 0 Å². The van der Waals surface area contributed by atoms with Crippen LogP contribution in [0.3, 0.4) is 0 Å². The molecule has 0 aromatic heterocycles. The summed E-state index contributed by atoms with van der Waals surface area (Å²) in [6, 6.07) is 7.04. The summed E-state index contributed by atoms with van der Waals surface area (Å²) >= 11 is 0. The predicted molar refractivity (Wildman–Crippen MR) is 75.1 cm³/mol. The van der Waals surface area contributed by atoms with Crippen molar-refractivity contribution in [2.24, 2.45) is 0 Å². The van der Waals surface area contributed by atoms with Crippen LogP contribution in [0.1, 0.15) is 50.9 Å². The Labute approximate surface area is 115 Å². The SMILES string of the molecule is CCCCOc1ccc(C(=O)NOC(C)(C)C)cc1. The monoisotopic (exact) mass is 265 g/mol. The van der Waals surface area contributed by atoms with Gasteiger partial charge in [-0.25, -0.2) is 5.48 Å². The molecule has 0 heterocycles. The Morgan fingerprint density at radius 2 is 1.84 bits per heavy atom. The first-order valence-electron chi connectivity index (χ1n) is 6.63. The zero-order valence-electron chi connectivity index (χ0n) is 12.2. The highest BCUT2D eigenvalue weighted by atomic mass is 16.7. The Balaban J connectivity index is 2.48. The molecule has 19 heavy (non-hydrogen) atoms. The summed E-state index contributed by atoms with van der Waals surface area (Å²) < 4.78 is 5.53. The molecule has 0 spiro atoms. The molecule has 1 aromatic rings. The molecule has 1 aromatic carbocycles. The van der Waals surface area contributed by atoms with Crippen molar-refractivity contribution >= 4 is 5.91 Å². The van der Waals surface area contributed by atoms with Crippen molar-refractivity contribution in [1.82, 2.24) is 5.48 Å². The summed E-state index contributed by atoms with van der Waals surface area (Å²) in [6.07, 6.45) is 2.13. The van der Waals surface area contributed by atoms with E-state index in [1.807, 2.05) is 20.8 Å². The summed E-state index contributed by atoms with van der Waals surface area (Å²) in [5, 5.41) is 0. The fourth-order valence-electron chi connectivity index (χ4n) is 1.30. The van der Waals surface area contributed by atoms with Crippen molar-refractivity contribution in [1.29, 1.82) is 0 Å². The molecule has 0 fully saturated rings. The fourth-order valence-corrected chi connectivity index (χ4v) is 1.30. The lowest BCUT2D eigenvalue weighted by Gasteiger charge is -2.18. The zero-order valence-corrected chi connectivity index (χ0v) is 12.2. The third kappa shape index (κ3) is 6.25. The van der Waals surface area contributed by atoms with Crippen LogP contribution in [0.2, 0.25) is 0 Å². The summed E-state index contributed by atoms with van der Waals surface area (Å²) in [5.41, 5.74) is 2.58. The van der Waals surface area contributed by atoms with E-state index in [9.17, 15) is 4.79 Å². The molecule has 0 atom stereocenters. The molecule has 1 N–H and O–H groups in total. The molecule has 1 rings (SSSR count). The van der Waals surface area contributed by atoms with Crippen molar-refractivity contribution in [3.05, 3.63) is 29.8 Å². The molecular formula is C15H23NO3. The Morgan fingerprint density at radius 1 is 1.21 bits per heavy atom. The van der Waals surface area contributed by atoms with Gasteiger partial charge < -0.3 is 4.74 Å². The number of hydrogen-bond donors (Lipinski definition) is 1. The van der Waals surface area contributed by atoms with Crippen molar-refractivity contribution in [2.45, 2.75) is 46.1 Å². The van der Waals surface area contributed by atoms with Crippen LogP contribution in [-0.2, 0) is 4.84 Å². The van der Waals surface area contributed by atoms with Gasteiger partial charge in [-0.3, -0.25) is 9.63 Å². The second-order valence-corrected chi connectivity index (χ2v) is 5.37. The molecule has 0 unspecified atom stereocenters. The molecule has 4 nitrogen and oxygen atoms in total. The first kappa shape index (κ1) is 15.5. The molecule has 0 bridgehead atoms. The minimum absolute atomic E-state index is 0.255. The van der Waals surface area contributed by atoms with Crippen LogP contribution < -0.4 is 10.2 Å². The number of carbonyl (C=O) groups is 1. The first-order valence-corrected chi connectivity index (χ1v) is 6.63. The lowest BCUT2D eigenvalue weighted by Crippen LogP contribution is -2.33. The van der Waals surface area contributed by atoms with Gasteiger partial charge in [-0.1, -0.05) is 13.3 Å². The lowest BCUT2D eigenvalue weighted by atomic mass is 10.2. The van der Waals surface area contributed by atoms with Gasteiger partial charge in [0.2, 0.25) is 0 Å². The van der Waals surface area contributed by atoms with Gasteiger partial charge in [-0.15, -0.1) is 0 Å². The van der Waals surface area contributed by atoms with E-state index in [1.54, 1.807) is 24.3 Å². The third-order valence-corrected chi connectivity index (χ3v) is 2.33. The topological polar surface area (TPSA) is 47.6 Å². The van der Waals surface area contributed by atoms with E-state index < -0.39 is 5.60 Å². The fraction of sp³-hybridized carbons (Fsp3) is 0.533. The molecule has 4 heteroatoms. The van der Waals surface area contributed by atoms with Gasteiger partial charge in [0.05, 0.1) is 12.2 Å². The first-order chi connectivity index (χ1) is 8.92. The van der Waals surface area contributed by atoms with Gasteiger partial charge in [0.25, 0.3) is 5.91 Å². The van der Waals surface area contributed by atoms with Crippen molar-refractivity contribution in [3.63, 3.8) is 0 Å². The molecule has 0 aliphatic carbocycles. The molecule has 0 radical (unpaired) electrons.